The maximum atomic E-state index is 13.0. The molecule has 100 valence electrons. The predicted molar refractivity (Wildman–Crippen MR) is 78.2 cm³/mol. The van der Waals surface area contributed by atoms with E-state index in [1.54, 1.807) is 29.0 Å². The third-order valence-corrected chi connectivity index (χ3v) is 3.72. The Morgan fingerprint density at radius 1 is 1.37 bits per heavy atom. The third-order valence-electron chi connectivity index (χ3n) is 2.94. The van der Waals surface area contributed by atoms with E-state index < -0.39 is 0 Å². The van der Waals surface area contributed by atoms with Gasteiger partial charge in [0.1, 0.15) is 5.82 Å². The number of aromatic nitrogens is 1. The molecule has 0 saturated heterocycles. The lowest BCUT2D eigenvalue weighted by Crippen LogP contribution is -2.25. The van der Waals surface area contributed by atoms with Gasteiger partial charge >= 0.3 is 0 Å². The van der Waals surface area contributed by atoms with Crippen molar-refractivity contribution < 1.29 is 4.39 Å². The topological polar surface area (TPSA) is 22.0 Å². The van der Waals surface area contributed by atoms with Crippen molar-refractivity contribution in [2.75, 3.05) is 0 Å². The van der Waals surface area contributed by atoms with Crippen LogP contribution < -0.4 is 5.56 Å². The maximum Gasteiger partial charge on any atom is 0.265 e. The van der Waals surface area contributed by atoms with E-state index in [0.29, 0.717) is 15.9 Å². The molecule has 0 spiro atoms. The molecule has 0 N–H and O–H groups in total. The molecule has 2 rings (SSSR count). The molecule has 2 aromatic rings. The van der Waals surface area contributed by atoms with E-state index in [1.807, 2.05) is 6.92 Å². The van der Waals surface area contributed by atoms with Crippen molar-refractivity contribution in [3.8, 4) is 0 Å². The first-order valence-corrected chi connectivity index (χ1v) is 7.02. The van der Waals surface area contributed by atoms with Crippen molar-refractivity contribution in [3.63, 3.8) is 0 Å². The smallest absolute Gasteiger partial charge is 0.265 e. The van der Waals surface area contributed by atoms with Crippen LogP contribution in [0.2, 0.25) is 5.02 Å². The summed E-state index contributed by atoms with van der Waals surface area (Å²) in [4.78, 5) is 12.1. The standard InChI is InChI=1S/C14H12BrClFNO/c1-2-13(9-3-5-11(17)6-4-9)18-8-10(16)7-12(15)14(18)19/h3-8,13H,2H2,1H3. The van der Waals surface area contributed by atoms with Gasteiger partial charge in [-0.25, -0.2) is 4.39 Å². The third kappa shape index (κ3) is 3.07. The molecule has 1 unspecified atom stereocenters. The van der Waals surface area contributed by atoms with E-state index in [2.05, 4.69) is 15.9 Å². The Bertz CT molecular complexity index is 639. The molecule has 0 aliphatic rings. The molecule has 0 aliphatic heterocycles. The first kappa shape index (κ1) is 14.3. The van der Waals surface area contributed by atoms with Crippen LogP contribution in [0.25, 0.3) is 0 Å². The average Bonchev–Trinajstić information content (AvgIpc) is 2.38. The van der Waals surface area contributed by atoms with Crippen LogP contribution >= 0.6 is 27.5 Å². The minimum atomic E-state index is -0.293. The van der Waals surface area contributed by atoms with Crippen molar-refractivity contribution >= 4 is 27.5 Å². The highest BCUT2D eigenvalue weighted by Crippen LogP contribution is 2.23. The van der Waals surface area contributed by atoms with Crippen molar-refractivity contribution in [2.24, 2.45) is 0 Å². The van der Waals surface area contributed by atoms with Crippen molar-refractivity contribution in [1.29, 1.82) is 0 Å². The van der Waals surface area contributed by atoms with Gasteiger partial charge in [0.2, 0.25) is 0 Å². The number of benzene rings is 1. The summed E-state index contributed by atoms with van der Waals surface area (Å²) in [6.45, 7) is 1.97. The molecule has 2 nitrogen and oxygen atoms in total. The molecular weight excluding hydrogens is 333 g/mol. The summed E-state index contributed by atoms with van der Waals surface area (Å²) in [5, 5.41) is 0.479. The van der Waals surface area contributed by atoms with Gasteiger partial charge < -0.3 is 4.57 Å². The van der Waals surface area contributed by atoms with Crippen LogP contribution in [0.5, 0.6) is 0 Å². The van der Waals surface area contributed by atoms with Crippen molar-refractivity contribution in [2.45, 2.75) is 19.4 Å². The van der Waals surface area contributed by atoms with Gasteiger partial charge in [0.05, 0.1) is 15.5 Å². The number of hydrogen-bond donors (Lipinski definition) is 0. The van der Waals surface area contributed by atoms with Gasteiger partial charge in [-0.2, -0.15) is 0 Å². The molecule has 0 fully saturated rings. The van der Waals surface area contributed by atoms with Gasteiger partial charge in [0.25, 0.3) is 5.56 Å². The first-order chi connectivity index (χ1) is 9.02. The van der Waals surface area contributed by atoms with E-state index in [9.17, 15) is 9.18 Å². The van der Waals surface area contributed by atoms with Crippen LogP contribution in [0.3, 0.4) is 0 Å². The Balaban J connectivity index is 2.54. The number of hydrogen-bond acceptors (Lipinski definition) is 1. The molecule has 0 amide bonds. The number of halogens is 3. The normalized spacial score (nSPS) is 12.4. The van der Waals surface area contributed by atoms with Crippen LogP contribution in [0, 0.1) is 5.82 Å². The fraction of sp³-hybridized carbons (Fsp3) is 0.214. The molecular formula is C14H12BrClFNO. The Kier molecular flexibility index (Phi) is 4.42. The van der Waals surface area contributed by atoms with Gasteiger partial charge in [0.15, 0.2) is 0 Å². The molecule has 0 saturated carbocycles. The Hall–Kier alpha value is -1.13. The van der Waals surface area contributed by atoms with Crippen LogP contribution in [0.4, 0.5) is 4.39 Å². The van der Waals surface area contributed by atoms with Gasteiger partial charge in [-0.1, -0.05) is 30.7 Å². The lowest BCUT2D eigenvalue weighted by molar-refractivity contribution is 0.544. The highest BCUT2D eigenvalue weighted by atomic mass is 79.9. The summed E-state index contributed by atoms with van der Waals surface area (Å²) in [5.74, 6) is -0.293. The minimum Gasteiger partial charge on any atom is -0.306 e. The maximum absolute atomic E-state index is 13.0. The zero-order valence-corrected chi connectivity index (χ0v) is 12.6. The largest absolute Gasteiger partial charge is 0.306 e. The lowest BCUT2D eigenvalue weighted by Gasteiger charge is -2.19. The van der Waals surface area contributed by atoms with Crippen LogP contribution in [0.15, 0.2) is 45.8 Å². The molecule has 5 heteroatoms. The zero-order chi connectivity index (χ0) is 14.0. The van der Waals surface area contributed by atoms with Crippen LogP contribution in [0.1, 0.15) is 24.9 Å². The summed E-state index contributed by atoms with van der Waals surface area (Å²) in [6, 6.07) is 7.56. The predicted octanol–water partition coefficient (Wildman–Crippen LogP) is 4.40. The molecule has 1 aromatic heterocycles. The molecule has 1 heterocycles. The van der Waals surface area contributed by atoms with E-state index >= 15 is 0 Å². The quantitative estimate of drug-likeness (QED) is 0.809. The summed E-state index contributed by atoms with van der Waals surface area (Å²) < 4.78 is 15.0. The zero-order valence-electron chi connectivity index (χ0n) is 10.2. The van der Waals surface area contributed by atoms with E-state index in [0.717, 1.165) is 5.56 Å². The van der Waals surface area contributed by atoms with E-state index in [1.165, 1.54) is 12.1 Å². The van der Waals surface area contributed by atoms with Crippen molar-refractivity contribution in [1.82, 2.24) is 4.57 Å². The lowest BCUT2D eigenvalue weighted by atomic mass is 10.0. The van der Waals surface area contributed by atoms with E-state index in [-0.39, 0.29) is 17.4 Å². The SMILES string of the molecule is CCC(c1ccc(F)cc1)n1cc(Cl)cc(Br)c1=O. The van der Waals surface area contributed by atoms with Gasteiger partial charge in [-0.15, -0.1) is 0 Å². The molecule has 0 bridgehead atoms. The second kappa shape index (κ2) is 5.88. The Morgan fingerprint density at radius 3 is 2.58 bits per heavy atom. The molecule has 0 radical (unpaired) electrons. The monoisotopic (exact) mass is 343 g/mol. The minimum absolute atomic E-state index is 0.152. The number of rotatable bonds is 3. The van der Waals surface area contributed by atoms with Gasteiger partial charge in [0, 0.05) is 6.20 Å². The molecule has 19 heavy (non-hydrogen) atoms. The molecule has 1 aromatic carbocycles. The Labute approximate surface area is 124 Å². The summed E-state index contributed by atoms with van der Waals surface area (Å²) in [6.07, 6.45) is 2.31. The fourth-order valence-electron chi connectivity index (χ4n) is 2.04. The summed E-state index contributed by atoms with van der Waals surface area (Å²) in [7, 11) is 0. The first-order valence-electron chi connectivity index (χ1n) is 5.85. The fourth-order valence-corrected chi connectivity index (χ4v) is 2.84. The second-order valence-electron chi connectivity index (χ2n) is 4.19. The summed E-state index contributed by atoms with van der Waals surface area (Å²) in [5.41, 5.74) is 0.723. The Morgan fingerprint density at radius 2 is 2.00 bits per heavy atom. The van der Waals surface area contributed by atoms with Crippen LogP contribution in [-0.2, 0) is 0 Å². The van der Waals surface area contributed by atoms with Gasteiger partial charge in [-0.3, -0.25) is 4.79 Å². The van der Waals surface area contributed by atoms with Crippen LogP contribution in [-0.4, -0.2) is 4.57 Å². The molecule has 0 aliphatic carbocycles. The second-order valence-corrected chi connectivity index (χ2v) is 5.49. The van der Waals surface area contributed by atoms with Gasteiger partial charge in [-0.05, 0) is 46.1 Å². The highest BCUT2D eigenvalue weighted by molar-refractivity contribution is 9.10. The highest BCUT2D eigenvalue weighted by Gasteiger charge is 2.15. The molecule has 1 atom stereocenters. The average molecular weight is 345 g/mol. The number of nitrogens with zero attached hydrogens (tertiary/aromatic N) is 1. The summed E-state index contributed by atoms with van der Waals surface area (Å²) >= 11 is 9.19. The van der Waals surface area contributed by atoms with Crippen molar-refractivity contribution in [3.05, 3.63) is 67.8 Å². The number of pyridine rings is 1. The van der Waals surface area contributed by atoms with E-state index in [4.69, 9.17) is 11.6 Å².